The molecule has 2 heteroatoms. The zero-order valence-corrected chi connectivity index (χ0v) is 9.88. The Morgan fingerprint density at radius 2 is 1.93 bits per heavy atom. The van der Waals surface area contributed by atoms with Crippen LogP contribution in [-0.4, -0.2) is 26.0 Å². The Balaban J connectivity index is 2.28. The van der Waals surface area contributed by atoms with E-state index >= 15 is 0 Å². The fourth-order valence-corrected chi connectivity index (χ4v) is 2.48. The van der Waals surface area contributed by atoms with Crippen LogP contribution in [0.3, 0.4) is 0 Å². The molecule has 1 atom stereocenters. The van der Waals surface area contributed by atoms with Gasteiger partial charge in [-0.15, -0.1) is 0 Å². The third kappa shape index (κ3) is 2.06. The van der Waals surface area contributed by atoms with Gasteiger partial charge in [0.05, 0.1) is 6.17 Å². The molecule has 1 aliphatic carbocycles. The third-order valence-electron chi connectivity index (χ3n) is 3.23. The molecule has 0 fully saturated rings. The van der Waals surface area contributed by atoms with E-state index in [2.05, 4.69) is 42.5 Å². The summed E-state index contributed by atoms with van der Waals surface area (Å²) >= 11 is 0. The minimum Gasteiger partial charge on any atom is -0.301 e. The van der Waals surface area contributed by atoms with E-state index < -0.39 is 0 Å². The van der Waals surface area contributed by atoms with Crippen molar-refractivity contribution in [1.29, 1.82) is 0 Å². The number of benzene rings is 1. The molecule has 0 aliphatic heterocycles. The molecule has 1 N–H and O–H groups in total. The first kappa shape index (κ1) is 10.7. The smallest absolute Gasteiger partial charge is 0.0853 e. The Bertz CT molecular complexity index is 344. The van der Waals surface area contributed by atoms with Crippen molar-refractivity contribution in [3.8, 4) is 0 Å². The van der Waals surface area contributed by atoms with Gasteiger partial charge >= 0.3 is 0 Å². The van der Waals surface area contributed by atoms with Gasteiger partial charge in [0.15, 0.2) is 0 Å². The molecule has 0 spiro atoms. The topological polar surface area (TPSA) is 15.3 Å². The SMILES string of the molecule is CNC(c1ccc2c(c1)CCC2)N(C)C. The second-order valence-electron chi connectivity index (χ2n) is 4.54. The van der Waals surface area contributed by atoms with E-state index in [1.54, 1.807) is 11.1 Å². The minimum atomic E-state index is 0.330. The molecule has 0 saturated heterocycles. The molecule has 1 aliphatic rings. The summed E-state index contributed by atoms with van der Waals surface area (Å²) in [6, 6.07) is 6.92. The van der Waals surface area contributed by atoms with E-state index in [1.807, 2.05) is 7.05 Å². The van der Waals surface area contributed by atoms with E-state index in [0.717, 1.165) is 0 Å². The van der Waals surface area contributed by atoms with Crippen LogP contribution in [0.1, 0.15) is 29.3 Å². The van der Waals surface area contributed by atoms with Crippen LogP contribution in [0.4, 0.5) is 0 Å². The molecular formula is C13H20N2. The zero-order valence-electron chi connectivity index (χ0n) is 9.88. The van der Waals surface area contributed by atoms with Crippen LogP contribution in [-0.2, 0) is 12.8 Å². The van der Waals surface area contributed by atoms with Crippen LogP contribution in [0.25, 0.3) is 0 Å². The molecule has 0 radical (unpaired) electrons. The number of rotatable bonds is 3. The van der Waals surface area contributed by atoms with Crippen LogP contribution >= 0.6 is 0 Å². The molecule has 1 aromatic rings. The van der Waals surface area contributed by atoms with Crippen molar-refractivity contribution in [3.05, 3.63) is 34.9 Å². The summed E-state index contributed by atoms with van der Waals surface area (Å²) in [5, 5.41) is 3.33. The first-order valence-electron chi connectivity index (χ1n) is 5.68. The number of nitrogens with one attached hydrogen (secondary N) is 1. The molecule has 2 rings (SSSR count). The van der Waals surface area contributed by atoms with Crippen molar-refractivity contribution in [1.82, 2.24) is 10.2 Å². The largest absolute Gasteiger partial charge is 0.301 e. The van der Waals surface area contributed by atoms with E-state index in [0.29, 0.717) is 6.17 Å². The van der Waals surface area contributed by atoms with Crippen molar-refractivity contribution in [2.24, 2.45) is 0 Å². The maximum atomic E-state index is 3.33. The lowest BCUT2D eigenvalue weighted by Crippen LogP contribution is -2.30. The number of hydrogen-bond donors (Lipinski definition) is 1. The molecule has 0 amide bonds. The lowest BCUT2D eigenvalue weighted by molar-refractivity contribution is 0.264. The van der Waals surface area contributed by atoms with Gasteiger partial charge in [0.1, 0.15) is 0 Å². The fourth-order valence-electron chi connectivity index (χ4n) is 2.48. The van der Waals surface area contributed by atoms with Crippen LogP contribution < -0.4 is 5.32 Å². The molecular weight excluding hydrogens is 184 g/mol. The Morgan fingerprint density at radius 1 is 1.20 bits per heavy atom. The van der Waals surface area contributed by atoms with Gasteiger partial charge in [-0.1, -0.05) is 18.2 Å². The molecule has 0 saturated carbocycles. The molecule has 1 unspecified atom stereocenters. The summed E-state index contributed by atoms with van der Waals surface area (Å²) in [6.07, 6.45) is 4.18. The molecule has 0 aromatic heterocycles. The molecule has 0 heterocycles. The minimum absolute atomic E-state index is 0.330. The van der Waals surface area contributed by atoms with Gasteiger partial charge in [0.25, 0.3) is 0 Å². The van der Waals surface area contributed by atoms with E-state index in [1.165, 1.54) is 24.8 Å². The average Bonchev–Trinajstić information content (AvgIpc) is 2.65. The zero-order chi connectivity index (χ0) is 10.8. The highest BCUT2D eigenvalue weighted by molar-refractivity contribution is 5.36. The molecule has 82 valence electrons. The molecule has 1 aromatic carbocycles. The van der Waals surface area contributed by atoms with Gasteiger partial charge in [-0.3, -0.25) is 4.90 Å². The quantitative estimate of drug-likeness (QED) is 0.757. The lowest BCUT2D eigenvalue weighted by atomic mass is 10.0. The van der Waals surface area contributed by atoms with Gasteiger partial charge in [-0.25, -0.2) is 0 Å². The number of nitrogens with zero attached hydrogens (tertiary/aromatic N) is 1. The number of fused-ring (bicyclic) bond motifs is 1. The summed E-state index contributed by atoms with van der Waals surface area (Å²) in [5.41, 5.74) is 4.48. The molecule has 15 heavy (non-hydrogen) atoms. The van der Waals surface area contributed by atoms with Crippen molar-refractivity contribution < 1.29 is 0 Å². The predicted molar refractivity (Wildman–Crippen MR) is 64.0 cm³/mol. The second kappa shape index (κ2) is 4.33. The van der Waals surface area contributed by atoms with E-state index in [9.17, 15) is 0 Å². The van der Waals surface area contributed by atoms with Gasteiger partial charge in [-0.05, 0) is 57.1 Å². The van der Waals surface area contributed by atoms with Gasteiger partial charge < -0.3 is 5.32 Å². The summed E-state index contributed by atoms with van der Waals surface area (Å²) in [7, 11) is 6.22. The van der Waals surface area contributed by atoms with E-state index in [4.69, 9.17) is 0 Å². The summed E-state index contributed by atoms with van der Waals surface area (Å²) in [6.45, 7) is 0. The highest BCUT2D eigenvalue weighted by Gasteiger charge is 2.15. The first-order chi connectivity index (χ1) is 7.22. The van der Waals surface area contributed by atoms with Crippen LogP contribution in [0.5, 0.6) is 0 Å². The average molecular weight is 204 g/mol. The summed E-state index contributed by atoms with van der Waals surface area (Å²) in [4.78, 5) is 2.21. The highest BCUT2D eigenvalue weighted by Crippen LogP contribution is 2.25. The Labute approximate surface area is 92.3 Å². The second-order valence-corrected chi connectivity index (χ2v) is 4.54. The van der Waals surface area contributed by atoms with Crippen molar-refractivity contribution in [2.45, 2.75) is 25.4 Å². The normalized spacial score (nSPS) is 16.8. The Morgan fingerprint density at radius 3 is 2.60 bits per heavy atom. The van der Waals surface area contributed by atoms with Crippen molar-refractivity contribution in [3.63, 3.8) is 0 Å². The standard InChI is InChI=1S/C13H20N2/c1-14-13(15(2)3)12-8-7-10-5-4-6-11(10)9-12/h7-9,13-14H,4-6H2,1-3H3. The van der Waals surface area contributed by atoms with Crippen LogP contribution in [0.2, 0.25) is 0 Å². The summed E-state index contributed by atoms with van der Waals surface area (Å²) < 4.78 is 0. The van der Waals surface area contributed by atoms with E-state index in [-0.39, 0.29) is 0 Å². The van der Waals surface area contributed by atoms with Crippen molar-refractivity contribution in [2.75, 3.05) is 21.1 Å². The van der Waals surface area contributed by atoms with Crippen LogP contribution in [0, 0.1) is 0 Å². The maximum absolute atomic E-state index is 3.33. The van der Waals surface area contributed by atoms with Crippen LogP contribution in [0.15, 0.2) is 18.2 Å². The third-order valence-corrected chi connectivity index (χ3v) is 3.23. The summed E-state index contributed by atoms with van der Waals surface area (Å²) in [5.74, 6) is 0. The molecule has 0 bridgehead atoms. The Hall–Kier alpha value is -0.860. The Kier molecular flexibility index (Phi) is 3.08. The van der Waals surface area contributed by atoms with Gasteiger partial charge in [0.2, 0.25) is 0 Å². The first-order valence-corrected chi connectivity index (χ1v) is 5.68. The van der Waals surface area contributed by atoms with Gasteiger partial charge in [0, 0.05) is 0 Å². The highest BCUT2D eigenvalue weighted by atomic mass is 15.2. The molecule has 2 nitrogen and oxygen atoms in total. The predicted octanol–water partition coefficient (Wildman–Crippen LogP) is 1.95. The van der Waals surface area contributed by atoms with Gasteiger partial charge in [-0.2, -0.15) is 0 Å². The number of hydrogen-bond acceptors (Lipinski definition) is 2. The monoisotopic (exact) mass is 204 g/mol. The maximum Gasteiger partial charge on any atom is 0.0853 e. The number of aryl methyl sites for hydroxylation is 2. The van der Waals surface area contributed by atoms with Crippen molar-refractivity contribution >= 4 is 0 Å². The lowest BCUT2D eigenvalue weighted by Gasteiger charge is -2.24. The fraction of sp³-hybridized carbons (Fsp3) is 0.538.